The molecule has 0 saturated carbocycles. The van der Waals surface area contributed by atoms with Gasteiger partial charge >= 0.3 is 0 Å². The fourth-order valence-electron chi connectivity index (χ4n) is 2.10. The van der Waals surface area contributed by atoms with Crippen molar-refractivity contribution in [2.45, 2.75) is 26.7 Å². The molecule has 0 atom stereocenters. The van der Waals surface area contributed by atoms with Crippen LogP contribution in [0.15, 0.2) is 42.5 Å². The third-order valence-corrected chi connectivity index (χ3v) is 4.52. The van der Waals surface area contributed by atoms with Gasteiger partial charge in [0.25, 0.3) is 5.91 Å². The second-order valence-electron chi connectivity index (χ2n) is 5.49. The molecule has 2 rings (SSSR count). The molecule has 4 heteroatoms. The third kappa shape index (κ3) is 4.47. The lowest BCUT2D eigenvalue weighted by Gasteiger charge is -2.14. The molecule has 2 aromatic carbocycles. The molecular weight excluding hydrogens is 389 g/mol. The molecule has 0 aliphatic carbocycles. The van der Waals surface area contributed by atoms with Crippen molar-refractivity contribution in [3.8, 4) is 5.75 Å². The van der Waals surface area contributed by atoms with Gasteiger partial charge in [-0.1, -0.05) is 38.1 Å². The molecule has 1 amide bonds. The molecule has 1 N–H and O–H groups in total. The largest absolute Gasteiger partial charge is 0.483 e. The molecule has 0 unspecified atom stereocenters. The first kappa shape index (κ1) is 16.8. The van der Waals surface area contributed by atoms with Gasteiger partial charge < -0.3 is 10.1 Å². The summed E-state index contributed by atoms with van der Waals surface area (Å²) in [5.74, 6) is 0.974. The number of ether oxygens (including phenoxy) is 1. The Hall–Kier alpha value is -1.56. The molecule has 0 fully saturated rings. The van der Waals surface area contributed by atoms with Crippen LogP contribution in [0, 0.1) is 10.5 Å². The molecular formula is C18H20INO2. The van der Waals surface area contributed by atoms with Crippen LogP contribution in [-0.4, -0.2) is 12.5 Å². The first-order chi connectivity index (χ1) is 10.5. The normalized spacial score (nSPS) is 10.6. The molecule has 116 valence electrons. The van der Waals surface area contributed by atoms with Crippen LogP contribution < -0.4 is 10.1 Å². The van der Waals surface area contributed by atoms with Crippen LogP contribution in [0.25, 0.3) is 0 Å². The molecule has 0 radical (unpaired) electrons. The van der Waals surface area contributed by atoms with Crippen molar-refractivity contribution in [1.82, 2.24) is 0 Å². The number of halogens is 1. The summed E-state index contributed by atoms with van der Waals surface area (Å²) in [5, 5.41) is 2.86. The summed E-state index contributed by atoms with van der Waals surface area (Å²) in [5.41, 5.74) is 3.10. The van der Waals surface area contributed by atoms with E-state index in [1.165, 1.54) is 5.56 Å². The average Bonchev–Trinajstić information content (AvgIpc) is 2.49. The van der Waals surface area contributed by atoms with Crippen molar-refractivity contribution in [1.29, 1.82) is 0 Å². The van der Waals surface area contributed by atoms with Crippen LogP contribution in [0.4, 0.5) is 5.69 Å². The van der Waals surface area contributed by atoms with Gasteiger partial charge in [-0.15, -0.1) is 0 Å². The second kappa shape index (κ2) is 7.63. The number of aryl methyl sites for hydroxylation is 1. The van der Waals surface area contributed by atoms with Crippen molar-refractivity contribution in [2.24, 2.45) is 0 Å². The van der Waals surface area contributed by atoms with Gasteiger partial charge in [-0.25, -0.2) is 0 Å². The number of carbonyl (C=O) groups excluding carboxylic acids is 1. The minimum absolute atomic E-state index is 0.00812. The standard InChI is InChI=1S/C18H20INO2/c1-12(2)15-6-4-5-7-17(15)22-11-18(21)20-14-9-8-13(3)16(19)10-14/h4-10,12H,11H2,1-3H3,(H,20,21). The highest BCUT2D eigenvalue weighted by Crippen LogP contribution is 2.25. The summed E-state index contributed by atoms with van der Waals surface area (Å²) in [6, 6.07) is 13.7. The van der Waals surface area contributed by atoms with E-state index in [4.69, 9.17) is 4.74 Å². The van der Waals surface area contributed by atoms with Crippen molar-refractivity contribution < 1.29 is 9.53 Å². The summed E-state index contributed by atoms with van der Waals surface area (Å²) < 4.78 is 6.80. The smallest absolute Gasteiger partial charge is 0.262 e. The summed E-state index contributed by atoms with van der Waals surface area (Å²) >= 11 is 2.26. The lowest BCUT2D eigenvalue weighted by Crippen LogP contribution is -2.20. The van der Waals surface area contributed by atoms with Crippen LogP contribution in [0.2, 0.25) is 0 Å². The Morgan fingerprint density at radius 3 is 2.64 bits per heavy atom. The molecule has 22 heavy (non-hydrogen) atoms. The molecule has 2 aromatic rings. The van der Waals surface area contributed by atoms with Crippen molar-refractivity contribution in [2.75, 3.05) is 11.9 Å². The molecule has 0 heterocycles. The molecule has 0 aromatic heterocycles. The monoisotopic (exact) mass is 409 g/mol. The van der Waals surface area contributed by atoms with E-state index in [0.29, 0.717) is 5.92 Å². The minimum Gasteiger partial charge on any atom is -0.483 e. The first-order valence-corrected chi connectivity index (χ1v) is 8.33. The topological polar surface area (TPSA) is 38.3 Å². The number of amides is 1. The SMILES string of the molecule is Cc1ccc(NC(=O)COc2ccccc2C(C)C)cc1I. The number of hydrogen-bond acceptors (Lipinski definition) is 2. The summed E-state index contributed by atoms with van der Waals surface area (Å²) in [4.78, 5) is 12.0. The number of rotatable bonds is 5. The van der Waals surface area contributed by atoms with Gasteiger partial charge in [0.15, 0.2) is 6.61 Å². The Labute approximate surface area is 145 Å². The van der Waals surface area contributed by atoms with Gasteiger partial charge in [0.1, 0.15) is 5.75 Å². The highest BCUT2D eigenvalue weighted by molar-refractivity contribution is 14.1. The van der Waals surface area contributed by atoms with Crippen LogP contribution in [0.5, 0.6) is 5.75 Å². The van der Waals surface area contributed by atoms with Gasteiger partial charge in [0.05, 0.1) is 0 Å². The third-order valence-electron chi connectivity index (χ3n) is 3.36. The van der Waals surface area contributed by atoms with Crippen LogP contribution in [0.1, 0.15) is 30.9 Å². The fourth-order valence-corrected chi connectivity index (χ4v) is 2.62. The Balaban J connectivity index is 1.97. The van der Waals surface area contributed by atoms with E-state index in [1.54, 1.807) is 0 Å². The summed E-state index contributed by atoms with van der Waals surface area (Å²) in [7, 11) is 0. The van der Waals surface area contributed by atoms with Crippen LogP contribution >= 0.6 is 22.6 Å². The number of carbonyl (C=O) groups is 1. The molecule has 0 aliphatic rings. The Morgan fingerprint density at radius 2 is 1.95 bits per heavy atom. The van der Waals surface area contributed by atoms with Crippen molar-refractivity contribution in [3.05, 3.63) is 57.2 Å². The summed E-state index contributed by atoms with van der Waals surface area (Å²) in [6.45, 7) is 6.26. The number of nitrogens with one attached hydrogen (secondary N) is 1. The van der Waals surface area contributed by atoms with Gasteiger partial charge in [-0.05, 0) is 64.8 Å². The first-order valence-electron chi connectivity index (χ1n) is 7.25. The van der Waals surface area contributed by atoms with Gasteiger partial charge in [-0.2, -0.15) is 0 Å². The predicted molar refractivity (Wildman–Crippen MR) is 98.6 cm³/mol. The number of hydrogen-bond donors (Lipinski definition) is 1. The van der Waals surface area contributed by atoms with E-state index in [-0.39, 0.29) is 12.5 Å². The zero-order valence-electron chi connectivity index (χ0n) is 13.0. The second-order valence-corrected chi connectivity index (χ2v) is 6.66. The highest BCUT2D eigenvalue weighted by Gasteiger charge is 2.09. The molecule has 3 nitrogen and oxygen atoms in total. The Kier molecular flexibility index (Phi) is 5.83. The molecule has 0 bridgehead atoms. The quantitative estimate of drug-likeness (QED) is 0.725. The van der Waals surface area contributed by atoms with E-state index in [2.05, 4.69) is 41.8 Å². The minimum atomic E-state index is -0.154. The van der Waals surface area contributed by atoms with Crippen molar-refractivity contribution in [3.63, 3.8) is 0 Å². The summed E-state index contributed by atoms with van der Waals surface area (Å²) in [6.07, 6.45) is 0. The highest BCUT2D eigenvalue weighted by atomic mass is 127. The predicted octanol–water partition coefficient (Wildman–Crippen LogP) is 4.74. The van der Waals surface area contributed by atoms with E-state index < -0.39 is 0 Å². The van der Waals surface area contributed by atoms with Crippen LogP contribution in [-0.2, 0) is 4.79 Å². The Bertz CT molecular complexity index is 668. The lowest BCUT2D eigenvalue weighted by atomic mass is 10.0. The zero-order valence-corrected chi connectivity index (χ0v) is 15.2. The Morgan fingerprint density at radius 1 is 1.23 bits per heavy atom. The van der Waals surface area contributed by atoms with Crippen LogP contribution in [0.3, 0.4) is 0 Å². The number of benzene rings is 2. The zero-order chi connectivity index (χ0) is 16.1. The van der Waals surface area contributed by atoms with Crippen molar-refractivity contribution >= 4 is 34.2 Å². The lowest BCUT2D eigenvalue weighted by molar-refractivity contribution is -0.118. The molecule has 0 aliphatic heterocycles. The van der Waals surface area contributed by atoms with Gasteiger partial charge in [-0.3, -0.25) is 4.79 Å². The molecule has 0 spiro atoms. The van der Waals surface area contributed by atoms with E-state index in [1.807, 2.05) is 49.4 Å². The average molecular weight is 409 g/mol. The van der Waals surface area contributed by atoms with Gasteiger partial charge in [0.2, 0.25) is 0 Å². The van der Waals surface area contributed by atoms with E-state index >= 15 is 0 Å². The maximum Gasteiger partial charge on any atom is 0.262 e. The molecule has 0 saturated heterocycles. The van der Waals surface area contributed by atoms with E-state index in [0.717, 1.165) is 20.6 Å². The number of anilines is 1. The maximum absolute atomic E-state index is 12.0. The maximum atomic E-state index is 12.0. The number of para-hydroxylation sites is 1. The van der Waals surface area contributed by atoms with Gasteiger partial charge in [0, 0.05) is 9.26 Å². The van der Waals surface area contributed by atoms with E-state index in [9.17, 15) is 4.79 Å². The fraction of sp³-hybridized carbons (Fsp3) is 0.278.